The van der Waals surface area contributed by atoms with Gasteiger partial charge in [0.1, 0.15) is 5.75 Å². The predicted molar refractivity (Wildman–Crippen MR) is 70.7 cm³/mol. The molecule has 1 N–H and O–H groups in total. The number of benzene rings is 1. The van der Waals surface area contributed by atoms with Gasteiger partial charge in [0.15, 0.2) is 5.92 Å². The SMILES string of the molecule is COC(=O)C(C(=O)O)C(C[N+](=O)[O-])c1ccc(OC)cc1. The molecule has 0 heterocycles. The van der Waals surface area contributed by atoms with Crippen molar-refractivity contribution in [2.24, 2.45) is 5.92 Å². The molecule has 0 bridgehead atoms. The minimum Gasteiger partial charge on any atom is -0.497 e. The molecule has 2 unspecified atom stereocenters. The second-order valence-electron chi connectivity index (χ2n) is 4.23. The molecule has 0 radical (unpaired) electrons. The molecule has 0 aliphatic rings. The summed E-state index contributed by atoms with van der Waals surface area (Å²) in [5.74, 6) is -4.75. The summed E-state index contributed by atoms with van der Waals surface area (Å²) in [4.78, 5) is 33.0. The van der Waals surface area contributed by atoms with Crippen molar-refractivity contribution in [1.82, 2.24) is 0 Å². The van der Waals surface area contributed by atoms with E-state index in [1.165, 1.54) is 19.2 Å². The monoisotopic (exact) mass is 297 g/mol. The fourth-order valence-electron chi connectivity index (χ4n) is 1.98. The average molecular weight is 297 g/mol. The summed E-state index contributed by atoms with van der Waals surface area (Å²) in [6, 6.07) is 6.06. The molecule has 0 aromatic heterocycles. The number of nitro groups is 1. The number of hydrogen-bond acceptors (Lipinski definition) is 6. The molecule has 1 aromatic carbocycles. The van der Waals surface area contributed by atoms with Crippen LogP contribution >= 0.6 is 0 Å². The Labute approximate surface area is 120 Å². The lowest BCUT2D eigenvalue weighted by molar-refractivity contribution is -0.484. The number of rotatable bonds is 7. The number of carbonyl (C=O) groups excluding carboxylic acids is 1. The zero-order chi connectivity index (χ0) is 16.0. The molecule has 8 heteroatoms. The summed E-state index contributed by atoms with van der Waals surface area (Å²) in [5.41, 5.74) is 0.352. The Hall–Kier alpha value is -2.64. The Morgan fingerprint density at radius 1 is 1.29 bits per heavy atom. The number of esters is 1. The van der Waals surface area contributed by atoms with Crippen LogP contribution in [0.2, 0.25) is 0 Å². The molecule has 2 atom stereocenters. The van der Waals surface area contributed by atoms with E-state index in [9.17, 15) is 24.8 Å². The molecule has 114 valence electrons. The van der Waals surface area contributed by atoms with Gasteiger partial charge in [0.25, 0.3) is 0 Å². The third kappa shape index (κ3) is 4.16. The minimum absolute atomic E-state index is 0.352. The molecular weight excluding hydrogens is 282 g/mol. The van der Waals surface area contributed by atoms with Crippen LogP contribution < -0.4 is 4.74 Å². The highest BCUT2D eigenvalue weighted by atomic mass is 16.6. The minimum atomic E-state index is -1.64. The maximum Gasteiger partial charge on any atom is 0.320 e. The van der Waals surface area contributed by atoms with Crippen molar-refractivity contribution in [1.29, 1.82) is 0 Å². The highest BCUT2D eigenvalue weighted by molar-refractivity contribution is 5.95. The maximum absolute atomic E-state index is 11.6. The quantitative estimate of drug-likeness (QED) is 0.344. The molecule has 0 aliphatic carbocycles. The predicted octanol–water partition coefficient (Wildman–Crippen LogP) is 0.929. The van der Waals surface area contributed by atoms with Gasteiger partial charge in [-0.25, -0.2) is 0 Å². The summed E-state index contributed by atoms with van der Waals surface area (Å²) < 4.78 is 9.40. The topological polar surface area (TPSA) is 116 Å². The first-order valence-corrected chi connectivity index (χ1v) is 5.97. The summed E-state index contributed by atoms with van der Waals surface area (Å²) >= 11 is 0. The van der Waals surface area contributed by atoms with Crippen LogP contribution in [0, 0.1) is 16.0 Å². The van der Waals surface area contributed by atoms with Crippen LogP contribution in [0.1, 0.15) is 11.5 Å². The van der Waals surface area contributed by atoms with E-state index in [2.05, 4.69) is 4.74 Å². The van der Waals surface area contributed by atoms with Crippen molar-refractivity contribution in [2.75, 3.05) is 20.8 Å². The Morgan fingerprint density at radius 2 is 1.86 bits per heavy atom. The van der Waals surface area contributed by atoms with Gasteiger partial charge in [0.2, 0.25) is 6.54 Å². The Morgan fingerprint density at radius 3 is 2.24 bits per heavy atom. The summed E-state index contributed by atoms with van der Waals surface area (Å²) in [5, 5.41) is 20.0. The van der Waals surface area contributed by atoms with Gasteiger partial charge >= 0.3 is 11.9 Å². The van der Waals surface area contributed by atoms with E-state index < -0.39 is 35.2 Å². The number of carbonyl (C=O) groups is 2. The Bertz CT molecular complexity index is 526. The van der Waals surface area contributed by atoms with Gasteiger partial charge in [0.05, 0.1) is 20.1 Å². The van der Waals surface area contributed by atoms with Crippen molar-refractivity contribution in [3.05, 3.63) is 39.9 Å². The highest BCUT2D eigenvalue weighted by Crippen LogP contribution is 2.28. The first-order valence-electron chi connectivity index (χ1n) is 5.97. The standard InChI is InChI=1S/C13H15NO7/c1-20-9-5-3-8(4-6-9)10(7-14(18)19)11(12(15)16)13(17)21-2/h3-6,10-11H,7H2,1-2H3,(H,15,16). The van der Waals surface area contributed by atoms with Gasteiger partial charge < -0.3 is 14.6 Å². The molecule has 0 saturated carbocycles. The van der Waals surface area contributed by atoms with Crippen molar-refractivity contribution in [3.8, 4) is 5.75 Å². The number of carboxylic acids is 1. The summed E-state index contributed by atoms with van der Waals surface area (Å²) in [6.07, 6.45) is 0. The van der Waals surface area contributed by atoms with E-state index in [-0.39, 0.29) is 0 Å². The Balaban J connectivity index is 3.21. The van der Waals surface area contributed by atoms with Crippen LogP contribution in [-0.2, 0) is 14.3 Å². The molecule has 0 amide bonds. The van der Waals surface area contributed by atoms with E-state index in [1.807, 2.05) is 0 Å². The first kappa shape index (κ1) is 16.4. The highest BCUT2D eigenvalue weighted by Gasteiger charge is 2.40. The van der Waals surface area contributed by atoms with Crippen LogP contribution in [0.5, 0.6) is 5.75 Å². The molecule has 1 aromatic rings. The van der Waals surface area contributed by atoms with Gasteiger partial charge in [-0.2, -0.15) is 0 Å². The van der Waals surface area contributed by atoms with Crippen molar-refractivity contribution in [3.63, 3.8) is 0 Å². The zero-order valence-corrected chi connectivity index (χ0v) is 11.5. The number of nitrogens with zero attached hydrogens (tertiary/aromatic N) is 1. The van der Waals surface area contributed by atoms with Gasteiger partial charge in [-0.1, -0.05) is 12.1 Å². The van der Waals surface area contributed by atoms with E-state index >= 15 is 0 Å². The summed E-state index contributed by atoms with van der Waals surface area (Å²) in [7, 11) is 2.49. The summed E-state index contributed by atoms with van der Waals surface area (Å²) in [6.45, 7) is -0.696. The van der Waals surface area contributed by atoms with Crippen molar-refractivity contribution in [2.45, 2.75) is 5.92 Å². The van der Waals surface area contributed by atoms with E-state index in [0.29, 0.717) is 11.3 Å². The van der Waals surface area contributed by atoms with E-state index in [1.54, 1.807) is 12.1 Å². The second kappa shape index (κ2) is 7.22. The molecule has 0 fully saturated rings. The number of methoxy groups -OCH3 is 2. The van der Waals surface area contributed by atoms with Crippen LogP contribution in [0.3, 0.4) is 0 Å². The molecular formula is C13H15NO7. The van der Waals surface area contributed by atoms with Gasteiger partial charge in [-0.3, -0.25) is 19.7 Å². The zero-order valence-electron chi connectivity index (χ0n) is 11.5. The lowest BCUT2D eigenvalue weighted by Crippen LogP contribution is -2.34. The normalized spacial score (nSPS) is 13.0. The lowest BCUT2D eigenvalue weighted by Gasteiger charge is -2.19. The fourth-order valence-corrected chi connectivity index (χ4v) is 1.98. The Kier molecular flexibility index (Phi) is 5.65. The van der Waals surface area contributed by atoms with Crippen LogP contribution in [0.4, 0.5) is 0 Å². The average Bonchev–Trinajstić information content (AvgIpc) is 2.45. The van der Waals surface area contributed by atoms with Crippen molar-refractivity contribution < 1.29 is 29.1 Å². The van der Waals surface area contributed by atoms with Gasteiger partial charge in [-0.15, -0.1) is 0 Å². The lowest BCUT2D eigenvalue weighted by atomic mass is 9.86. The first-order chi connectivity index (χ1) is 9.90. The van der Waals surface area contributed by atoms with Gasteiger partial charge in [-0.05, 0) is 17.7 Å². The second-order valence-corrected chi connectivity index (χ2v) is 4.23. The molecule has 21 heavy (non-hydrogen) atoms. The van der Waals surface area contributed by atoms with Crippen LogP contribution in [0.15, 0.2) is 24.3 Å². The van der Waals surface area contributed by atoms with Gasteiger partial charge in [0, 0.05) is 4.92 Å². The number of carboxylic acid groups (broad SMARTS) is 1. The molecule has 0 aliphatic heterocycles. The third-order valence-electron chi connectivity index (χ3n) is 3.01. The van der Waals surface area contributed by atoms with Crippen molar-refractivity contribution >= 4 is 11.9 Å². The third-order valence-corrected chi connectivity index (χ3v) is 3.01. The number of ether oxygens (including phenoxy) is 2. The van der Waals surface area contributed by atoms with Crippen LogP contribution in [0.25, 0.3) is 0 Å². The smallest absolute Gasteiger partial charge is 0.320 e. The molecule has 1 rings (SSSR count). The largest absolute Gasteiger partial charge is 0.497 e. The molecule has 8 nitrogen and oxygen atoms in total. The number of hydrogen-bond donors (Lipinski definition) is 1. The molecule has 0 saturated heterocycles. The maximum atomic E-state index is 11.6. The van der Waals surface area contributed by atoms with E-state index in [0.717, 1.165) is 7.11 Å². The molecule has 0 spiro atoms. The fraction of sp³-hybridized carbons (Fsp3) is 0.385. The van der Waals surface area contributed by atoms with E-state index in [4.69, 9.17) is 4.74 Å². The number of aliphatic carboxylic acids is 1. The van der Waals surface area contributed by atoms with Crippen LogP contribution in [-0.4, -0.2) is 42.7 Å².